The molecule has 3 heterocycles. The first-order valence-corrected chi connectivity index (χ1v) is 13.8. The van der Waals surface area contributed by atoms with Crippen LogP contribution in [0.2, 0.25) is 0 Å². The molecule has 0 saturated carbocycles. The Morgan fingerprint density at radius 3 is 2.51 bits per heavy atom. The van der Waals surface area contributed by atoms with Gasteiger partial charge in [-0.3, -0.25) is 14.7 Å². The van der Waals surface area contributed by atoms with E-state index in [1.165, 1.54) is 30.4 Å². The minimum Gasteiger partial charge on any atom is -0.492 e. The molecule has 1 spiro atoms. The van der Waals surface area contributed by atoms with Crippen molar-refractivity contribution in [3.63, 3.8) is 0 Å². The summed E-state index contributed by atoms with van der Waals surface area (Å²) >= 11 is 0. The second-order valence-corrected chi connectivity index (χ2v) is 10.8. The van der Waals surface area contributed by atoms with Gasteiger partial charge in [0.2, 0.25) is 0 Å². The molecule has 5 rings (SSSR count). The summed E-state index contributed by atoms with van der Waals surface area (Å²) in [5.41, 5.74) is 4.42. The number of piperidine rings is 1. The average molecular weight is 498 g/mol. The molecule has 0 aliphatic carbocycles. The predicted molar refractivity (Wildman–Crippen MR) is 148 cm³/mol. The molecule has 0 radical (unpaired) electrons. The van der Waals surface area contributed by atoms with Crippen molar-refractivity contribution in [2.45, 2.75) is 52.0 Å². The molecule has 1 saturated heterocycles. The lowest BCUT2D eigenvalue weighted by Crippen LogP contribution is -2.48. The molecule has 2 aliphatic heterocycles. The van der Waals surface area contributed by atoms with Crippen molar-refractivity contribution in [1.29, 1.82) is 0 Å². The lowest BCUT2D eigenvalue weighted by molar-refractivity contribution is 0.0360. The van der Waals surface area contributed by atoms with E-state index in [2.05, 4.69) is 64.5 Å². The molecule has 1 fully saturated rings. The monoisotopic (exact) mass is 497 g/mol. The van der Waals surface area contributed by atoms with Crippen LogP contribution in [0, 0.1) is 12.3 Å². The van der Waals surface area contributed by atoms with Gasteiger partial charge in [-0.2, -0.15) is 0 Å². The molecule has 0 N–H and O–H groups in total. The van der Waals surface area contributed by atoms with Crippen molar-refractivity contribution < 1.29 is 9.53 Å². The van der Waals surface area contributed by atoms with Crippen LogP contribution in [0.5, 0.6) is 5.75 Å². The van der Waals surface area contributed by atoms with E-state index in [0.29, 0.717) is 6.61 Å². The maximum absolute atomic E-state index is 13.3. The number of aromatic nitrogens is 1. The zero-order valence-electron chi connectivity index (χ0n) is 22.1. The van der Waals surface area contributed by atoms with Crippen molar-refractivity contribution >= 4 is 5.91 Å². The molecule has 2 aromatic carbocycles. The molecule has 3 aromatic rings. The molecule has 1 aromatic heterocycles. The van der Waals surface area contributed by atoms with E-state index in [9.17, 15) is 4.79 Å². The molecule has 0 unspecified atom stereocenters. The van der Waals surface area contributed by atoms with Gasteiger partial charge < -0.3 is 9.64 Å². The van der Waals surface area contributed by atoms with E-state index < -0.39 is 0 Å². The maximum Gasteiger partial charge on any atom is 0.255 e. The van der Waals surface area contributed by atoms with Crippen molar-refractivity contribution in [3.05, 3.63) is 95.3 Å². The second kappa shape index (κ2) is 11.9. The van der Waals surface area contributed by atoms with Gasteiger partial charge in [-0.1, -0.05) is 55.0 Å². The van der Waals surface area contributed by atoms with Crippen LogP contribution < -0.4 is 4.74 Å². The third kappa shape index (κ3) is 6.40. The lowest BCUT2D eigenvalue weighted by atomic mass is 9.73. The Morgan fingerprint density at radius 2 is 1.70 bits per heavy atom. The molecule has 37 heavy (non-hydrogen) atoms. The second-order valence-electron chi connectivity index (χ2n) is 10.8. The first-order chi connectivity index (χ1) is 18.1. The normalized spacial score (nSPS) is 18.8. The first-order valence-electron chi connectivity index (χ1n) is 13.8. The number of para-hydroxylation sites is 1. The summed E-state index contributed by atoms with van der Waals surface area (Å²) in [5, 5.41) is 0. The highest BCUT2D eigenvalue weighted by Crippen LogP contribution is 2.39. The van der Waals surface area contributed by atoms with Gasteiger partial charge in [-0.25, -0.2) is 0 Å². The number of likely N-dealkylation sites (tertiary alicyclic amines) is 1. The summed E-state index contributed by atoms with van der Waals surface area (Å²) in [6.45, 7) is 7.09. The van der Waals surface area contributed by atoms with Crippen LogP contribution in [0.25, 0.3) is 0 Å². The first kappa shape index (κ1) is 25.5. The van der Waals surface area contributed by atoms with Gasteiger partial charge in [0.15, 0.2) is 0 Å². The van der Waals surface area contributed by atoms with Crippen LogP contribution in [0.15, 0.2) is 72.9 Å². The lowest BCUT2D eigenvalue weighted by Gasteiger charge is -2.45. The minimum atomic E-state index is 0.125. The number of carbonyl (C=O) groups is 1. The van der Waals surface area contributed by atoms with Gasteiger partial charge in [0.1, 0.15) is 12.4 Å². The zero-order valence-corrected chi connectivity index (χ0v) is 22.1. The van der Waals surface area contributed by atoms with Crippen LogP contribution in [0.3, 0.4) is 0 Å². The highest BCUT2D eigenvalue weighted by molar-refractivity contribution is 5.95. The number of ether oxygens (including phenoxy) is 1. The standard InChI is InChI=1S/C32H39N3O2/c1-26-29(14-9-19-33-26)31(36)35-20-17-32(18-21-35)16-8-7-13-28-12-5-6-15-30(28)37-23-22-34(25-32)24-27-10-3-2-4-11-27/h2-6,9-12,14-15,19H,7-8,13,16-18,20-25H2,1H3. The van der Waals surface area contributed by atoms with Gasteiger partial charge in [0.05, 0.1) is 5.56 Å². The molecule has 2 aliphatic rings. The van der Waals surface area contributed by atoms with Gasteiger partial charge >= 0.3 is 0 Å². The number of nitrogens with zero attached hydrogens (tertiary/aromatic N) is 3. The predicted octanol–water partition coefficient (Wildman–Crippen LogP) is 5.92. The fourth-order valence-corrected chi connectivity index (χ4v) is 6.03. The van der Waals surface area contributed by atoms with Gasteiger partial charge in [0, 0.05) is 44.6 Å². The number of fused-ring (bicyclic) bond motifs is 1. The van der Waals surface area contributed by atoms with E-state index in [0.717, 1.165) is 69.0 Å². The summed E-state index contributed by atoms with van der Waals surface area (Å²) in [7, 11) is 0. The number of hydrogen-bond acceptors (Lipinski definition) is 4. The fourth-order valence-electron chi connectivity index (χ4n) is 6.03. The Balaban J connectivity index is 1.33. The Labute approximate surface area is 221 Å². The van der Waals surface area contributed by atoms with Crippen LogP contribution >= 0.6 is 0 Å². The summed E-state index contributed by atoms with van der Waals surface area (Å²) in [6.07, 6.45) is 8.47. The Hall–Kier alpha value is -3.18. The largest absolute Gasteiger partial charge is 0.492 e. The van der Waals surface area contributed by atoms with Gasteiger partial charge in [-0.15, -0.1) is 0 Å². The molecular formula is C32H39N3O2. The Bertz CT molecular complexity index is 1170. The van der Waals surface area contributed by atoms with Crippen molar-refractivity contribution in [3.8, 4) is 5.75 Å². The number of amides is 1. The number of hydrogen-bond donors (Lipinski definition) is 0. The van der Waals surface area contributed by atoms with Crippen LogP contribution in [0.1, 0.15) is 59.3 Å². The SMILES string of the molecule is Cc1ncccc1C(=O)N1CCC2(CCCCc3ccccc3OCCN(Cc3ccccc3)C2)CC1. The van der Waals surface area contributed by atoms with Crippen molar-refractivity contribution in [1.82, 2.24) is 14.8 Å². The smallest absolute Gasteiger partial charge is 0.255 e. The van der Waals surface area contributed by atoms with E-state index in [-0.39, 0.29) is 11.3 Å². The van der Waals surface area contributed by atoms with E-state index in [1.54, 1.807) is 6.20 Å². The number of benzene rings is 2. The highest BCUT2D eigenvalue weighted by atomic mass is 16.5. The number of pyridine rings is 1. The highest BCUT2D eigenvalue weighted by Gasteiger charge is 2.37. The van der Waals surface area contributed by atoms with E-state index in [4.69, 9.17) is 4.74 Å². The van der Waals surface area contributed by atoms with Gasteiger partial charge in [0.25, 0.3) is 5.91 Å². The summed E-state index contributed by atoms with van der Waals surface area (Å²) < 4.78 is 6.31. The average Bonchev–Trinajstić information content (AvgIpc) is 2.92. The molecule has 194 valence electrons. The molecule has 1 amide bonds. The zero-order chi connectivity index (χ0) is 25.5. The fraction of sp³-hybridized carbons (Fsp3) is 0.438. The number of aryl methyl sites for hydroxylation is 2. The summed E-state index contributed by atoms with van der Waals surface area (Å²) in [5.74, 6) is 1.16. The summed E-state index contributed by atoms with van der Waals surface area (Å²) in [6, 6.07) is 23.1. The quantitative estimate of drug-likeness (QED) is 0.451. The number of rotatable bonds is 3. The topological polar surface area (TPSA) is 45.7 Å². The van der Waals surface area contributed by atoms with Crippen molar-refractivity contribution in [2.24, 2.45) is 5.41 Å². The molecule has 5 nitrogen and oxygen atoms in total. The third-order valence-electron chi connectivity index (χ3n) is 8.20. The third-order valence-corrected chi connectivity index (χ3v) is 8.20. The number of carbonyl (C=O) groups excluding carboxylic acids is 1. The van der Waals surface area contributed by atoms with Crippen LogP contribution in [-0.4, -0.2) is 53.5 Å². The summed E-state index contributed by atoms with van der Waals surface area (Å²) in [4.78, 5) is 22.3. The Morgan fingerprint density at radius 1 is 0.919 bits per heavy atom. The molecule has 0 atom stereocenters. The van der Waals surface area contributed by atoms with Crippen LogP contribution in [-0.2, 0) is 13.0 Å². The maximum atomic E-state index is 13.3. The molecular weight excluding hydrogens is 458 g/mol. The van der Waals surface area contributed by atoms with Crippen molar-refractivity contribution in [2.75, 3.05) is 32.8 Å². The van der Waals surface area contributed by atoms with E-state index in [1.807, 2.05) is 24.0 Å². The Kier molecular flexibility index (Phi) is 8.20. The minimum absolute atomic E-state index is 0.125. The molecule has 0 bridgehead atoms. The van der Waals surface area contributed by atoms with Gasteiger partial charge in [-0.05, 0) is 73.8 Å². The molecule has 5 heteroatoms. The van der Waals surface area contributed by atoms with E-state index >= 15 is 0 Å². The van der Waals surface area contributed by atoms with Crippen LogP contribution in [0.4, 0.5) is 0 Å².